The maximum atomic E-state index is 12.4. The van der Waals surface area contributed by atoms with Crippen LogP contribution in [0, 0.1) is 0 Å². The summed E-state index contributed by atoms with van der Waals surface area (Å²) < 4.78 is 29.2. The first-order valence-corrected chi connectivity index (χ1v) is 15.2. The third kappa shape index (κ3) is 7.61. The molecule has 208 valence electrons. The van der Waals surface area contributed by atoms with Crippen LogP contribution in [0.15, 0.2) is 72.1 Å². The molecule has 1 unspecified atom stereocenters. The number of phosphoric ester groups is 1. The number of benzene rings is 2. The zero-order chi connectivity index (χ0) is 27.9. The molecule has 0 amide bonds. The number of ether oxygens (including phenoxy) is 1. The summed E-state index contributed by atoms with van der Waals surface area (Å²) in [6, 6.07) is 18.2. The van der Waals surface area contributed by atoms with Gasteiger partial charge in [0, 0.05) is 5.56 Å². The molecule has 1 N–H and O–H groups in total. The largest absolute Gasteiger partial charge is 0.472 e. The molecule has 0 spiro atoms. The first kappa shape index (κ1) is 29.1. The molecular formula is C30H38N3O5P. The molecule has 5 rings (SSSR count). The van der Waals surface area contributed by atoms with Gasteiger partial charge in [0.1, 0.15) is 17.6 Å². The molecule has 3 aromatic rings. The second-order valence-corrected chi connectivity index (χ2v) is 11.4. The topological polar surface area (TPSA) is 103 Å². The highest BCUT2D eigenvalue weighted by Gasteiger charge is 2.34. The van der Waals surface area contributed by atoms with Gasteiger partial charge in [0.05, 0.1) is 24.6 Å². The third-order valence-electron chi connectivity index (χ3n) is 6.91. The van der Waals surface area contributed by atoms with Crippen molar-refractivity contribution in [2.75, 3.05) is 6.61 Å². The lowest BCUT2D eigenvalue weighted by Gasteiger charge is -2.32. The summed E-state index contributed by atoms with van der Waals surface area (Å²) in [7, 11) is -4.08. The molecule has 1 saturated carbocycles. The number of hydrogen-bond acceptors (Lipinski definition) is 7. The molecule has 8 nitrogen and oxygen atoms in total. The van der Waals surface area contributed by atoms with Crippen LogP contribution in [0.25, 0.3) is 0 Å². The summed E-state index contributed by atoms with van der Waals surface area (Å²) in [6.45, 7) is 8.11. The lowest BCUT2D eigenvalue weighted by Crippen LogP contribution is -2.41. The van der Waals surface area contributed by atoms with Crippen LogP contribution in [0.4, 0.5) is 5.69 Å². The Hall–Kier alpha value is -2.90. The Bertz CT molecular complexity index is 1290. The maximum Gasteiger partial charge on any atom is 0.472 e. The van der Waals surface area contributed by atoms with E-state index in [2.05, 4.69) is 34.2 Å². The Morgan fingerprint density at radius 2 is 1.72 bits per heavy atom. The van der Waals surface area contributed by atoms with Gasteiger partial charge in [0.25, 0.3) is 0 Å². The quantitative estimate of drug-likeness (QED) is 0.295. The predicted octanol–water partition coefficient (Wildman–Crippen LogP) is 7.20. The molecule has 2 heterocycles. The molecule has 2 aliphatic rings. The fourth-order valence-corrected chi connectivity index (χ4v) is 5.95. The van der Waals surface area contributed by atoms with E-state index in [0.717, 1.165) is 29.7 Å². The zero-order valence-corrected chi connectivity index (χ0v) is 24.0. The van der Waals surface area contributed by atoms with Crippen molar-refractivity contribution in [3.63, 3.8) is 0 Å². The fourth-order valence-electron chi connectivity index (χ4n) is 4.98. The van der Waals surface area contributed by atoms with Crippen LogP contribution in [0.3, 0.4) is 0 Å². The molecule has 9 heteroatoms. The SMILES string of the molecule is CC.CC1(C)Oc2ncncc2N=C1c1ccc(C2CCC(OP(=O)(O)OCCc3ccccc3)CC2)cc1. The van der Waals surface area contributed by atoms with E-state index in [1.165, 1.54) is 11.9 Å². The lowest BCUT2D eigenvalue weighted by atomic mass is 9.82. The van der Waals surface area contributed by atoms with Crippen molar-refractivity contribution in [2.24, 2.45) is 4.99 Å². The number of phosphoric acid groups is 1. The minimum Gasteiger partial charge on any atom is -0.463 e. The number of hydrogen-bond donors (Lipinski definition) is 1. The third-order valence-corrected chi connectivity index (χ3v) is 7.99. The number of nitrogens with zero attached hydrogens (tertiary/aromatic N) is 3. The maximum absolute atomic E-state index is 12.4. The Kier molecular flexibility index (Phi) is 9.67. The molecular weight excluding hydrogens is 513 g/mol. The summed E-state index contributed by atoms with van der Waals surface area (Å²) in [5.74, 6) is 0.867. The second kappa shape index (κ2) is 13.0. The van der Waals surface area contributed by atoms with Crippen LogP contribution < -0.4 is 4.74 Å². The van der Waals surface area contributed by atoms with E-state index in [9.17, 15) is 9.46 Å². The van der Waals surface area contributed by atoms with Crippen molar-refractivity contribution in [3.8, 4) is 5.88 Å². The Labute approximate surface area is 231 Å². The molecule has 1 atom stereocenters. The van der Waals surface area contributed by atoms with E-state index in [1.54, 1.807) is 6.20 Å². The monoisotopic (exact) mass is 551 g/mol. The predicted molar refractivity (Wildman–Crippen MR) is 153 cm³/mol. The van der Waals surface area contributed by atoms with Crippen LogP contribution in [0.5, 0.6) is 5.88 Å². The van der Waals surface area contributed by atoms with Crippen LogP contribution in [-0.2, 0) is 20.0 Å². The van der Waals surface area contributed by atoms with Gasteiger partial charge >= 0.3 is 7.82 Å². The summed E-state index contributed by atoms with van der Waals surface area (Å²) >= 11 is 0. The van der Waals surface area contributed by atoms with E-state index in [1.807, 2.05) is 58.0 Å². The molecule has 0 saturated heterocycles. The summed E-state index contributed by atoms with van der Waals surface area (Å²) in [6.07, 6.45) is 6.59. The Morgan fingerprint density at radius 1 is 1.03 bits per heavy atom. The van der Waals surface area contributed by atoms with Gasteiger partial charge in [0.15, 0.2) is 0 Å². The Balaban J connectivity index is 0.00000172. The first-order valence-electron chi connectivity index (χ1n) is 13.7. The van der Waals surface area contributed by atoms with Gasteiger partial charge in [0.2, 0.25) is 5.88 Å². The average molecular weight is 552 g/mol. The van der Waals surface area contributed by atoms with Crippen LogP contribution in [0.1, 0.15) is 76.0 Å². The molecule has 0 bridgehead atoms. The van der Waals surface area contributed by atoms with E-state index in [4.69, 9.17) is 18.8 Å². The smallest absolute Gasteiger partial charge is 0.463 e. The van der Waals surface area contributed by atoms with Crippen molar-refractivity contribution >= 4 is 19.2 Å². The highest BCUT2D eigenvalue weighted by atomic mass is 31.2. The van der Waals surface area contributed by atoms with Gasteiger partial charge in [-0.25, -0.2) is 14.5 Å². The molecule has 2 aromatic carbocycles. The lowest BCUT2D eigenvalue weighted by molar-refractivity contribution is 0.0793. The van der Waals surface area contributed by atoms with E-state index in [0.29, 0.717) is 36.7 Å². The van der Waals surface area contributed by atoms with Gasteiger partial charge < -0.3 is 9.63 Å². The summed E-state index contributed by atoms with van der Waals surface area (Å²) in [4.78, 5) is 23.2. The molecule has 39 heavy (non-hydrogen) atoms. The van der Waals surface area contributed by atoms with E-state index in [-0.39, 0.29) is 12.7 Å². The van der Waals surface area contributed by atoms with Crippen molar-refractivity contribution in [1.29, 1.82) is 0 Å². The van der Waals surface area contributed by atoms with Crippen LogP contribution in [-0.4, -0.2) is 38.9 Å². The highest BCUT2D eigenvalue weighted by Crippen LogP contribution is 2.48. The fraction of sp³-hybridized carbons (Fsp3) is 0.433. The molecule has 0 radical (unpaired) electrons. The summed E-state index contributed by atoms with van der Waals surface area (Å²) in [5, 5.41) is 0. The number of aromatic nitrogens is 2. The van der Waals surface area contributed by atoms with Gasteiger partial charge in [-0.05, 0) is 63.0 Å². The van der Waals surface area contributed by atoms with Crippen LogP contribution in [0.2, 0.25) is 0 Å². The molecule has 1 aliphatic heterocycles. The second-order valence-electron chi connectivity index (χ2n) is 10.0. The van der Waals surface area contributed by atoms with Crippen LogP contribution >= 0.6 is 7.82 Å². The normalized spacial score (nSPS) is 21.3. The summed E-state index contributed by atoms with van der Waals surface area (Å²) in [5.41, 5.74) is 4.15. The minimum absolute atomic E-state index is 0.144. The van der Waals surface area contributed by atoms with E-state index < -0.39 is 13.4 Å². The minimum atomic E-state index is -4.08. The standard InChI is InChI=1S/C28H32N3O5P.C2H6/c1-28(2)26(31-25-18-29-19-30-27(25)35-28)23-10-8-21(9-11-23)22-12-14-24(15-13-22)36-37(32,33)34-17-16-20-6-4-3-5-7-20;1-2/h3-11,18-19,22,24H,12-17H2,1-2H3,(H,32,33);1-2H3. The zero-order valence-electron chi connectivity index (χ0n) is 23.1. The van der Waals surface area contributed by atoms with Crippen molar-refractivity contribution in [3.05, 3.63) is 83.8 Å². The average Bonchev–Trinajstić information content (AvgIpc) is 2.94. The van der Waals surface area contributed by atoms with E-state index >= 15 is 0 Å². The van der Waals surface area contributed by atoms with Crippen molar-refractivity contribution in [1.82, 2.24) is 9.97 Å². The Morgan fingerprint density at radius 3 is 2.41 bits per heavy atom. The first-order chi connectivity index (χ1) is 18.8. The van der Waals surface area contributed by atoms with Gasteiger partial charge in [-0.2, -0.15) is 4.98 Å². The number of aliphatic imine (C=N–C) groups is 1. The molecule has 1 fully saturated rings. The van der Waals surface area contributed by atoms with Gasteiger partial charge in [-0.1, -0.05) is 68.4 Å². The van der Waals surface area contributed by atoms with Gasteiger partial charge in [-0.3, -0.25) is 9.05 Å². The van der Waals surface area contributed by atoms with Crippen molar-refractivity contribution < 1.29 is 23.2 Å². The van der Waals surface area contributed by atoms with Crippen molar-refractivity contribution in [2.45, 2.75) is 77.4 Å². The number of fused-ring (bicyclic) bond motifs is 1. The molecule has 1 aromatic heterocycles. The highest BCUT2D eigenvalue weighted by molar-refractivity contribution is 7.47. The number of rotatable bonds is 8. The molecule has 1 aliphatic carbocycles. The van der Waals surface area contributed by atoms with Gasteiger partial charge in [-0.15, -0.1) is 0 Å².